The van der Waals surface area contributed by atoms with Gasteiger partial charge in [0.05, 0.1) is 13.0 Å². The number of carbonyl (C=O) groups excluding carboxylic acids is 1. The first-order chi connectivity index (χ1) is 8.19. The van der Waals surface area contributed by atoms with Crippen LogP contribution in [0, 0.1) is 5.92 Å². The van der Waals surface area contributed by atoms with E-state index in [0.29, 0.717) is 0 Å². The van der Waals surface area contributed by atoms with Crippen LogP contribution in [0.2, 0.25) is 0 Å². The van der Waals surface area contributed by atoms with Crippen molar-refractivity contribution in [3.05, 3.63) is 34.3 Å². The second kappa shape index (κ2) is 5.65. The first-order valence-electron chi connectivity index (χ1n) is 5.73. The highest BCUT2D eigenvalue weighted by atomic mass is 79.9. The Hall–Kier alpha value is -0.870. The molecule has 0 unspecified atom stereocenters. The van der Waals surface area contributed by atoms with E-state index in [-0.39, 0.29) is 11.9 Å². The van der Waals surface area contributed by atoms with Crippen molar-refractivity contribution in [3.8, 4) is 0 Å². The second-order valence-electron chi connectivity index (χ2n) is 4.37. The number of benzene rings is 1. The molecule has 1 heterocycles. The van der Waals surface area contributed by atoms with E-state index in [1.54, 1.807) is 0 Å². The van der Waals surface area contributed by atoms with Gasteiger partial charge in [-0.15, -0.1) is 0 Å². The minimum Gasteiger partial charge on any atom is -0.469 e. The Balaban J connectivity index is 1.89. The lowest BCUT2D eigenvalue weighted by Crippen LogP contribution is -2.23. The van der Waals surface area contributed by atoms with Crippen molar-refractivity contribution in [2.45, 2.75) is 13.0 Å². The molecule has 0 spiro atoms. The minimum atomic E-state index is -0.0803. The highest BCUT2D eigenvalue weighted by molar-refractivity contribution is 9.10. The van der Waals surface area contributed by atoms with E-state index in [1.165, 1.54) is 12.7 Å². The van der Waals surface area contributed by atoms with E-state index in [0.717, 1.165) is 30.5 Å². The Kier molecular flexibility index (Phi) is 4.18. The van der Waals surface area contributed by atoms with E-state index in [1.807, 2.05) is 12.1 Å². The molecule has 1 aromatic carbocycles. The largest absolute Gasteiger partial charge is 0.469 e. The molecule has 0 aromatic heterocycles. The van der Waals surface area contributed by atoms with Crippen LogP contribution in [0.5, 0.6) is 0 Å². The van der Waals surface area contributed by atoms with E-state index in [4.69, 9.17) is 4.74 Å². The van der Waals surface area contributed by atoms with Gasteiger partial charge in [-0.25, -0.2) is 0 Å². The number of esters is 1. The number of rotatable bonds is 3. The molecule has 0 aliphatic carbocycles. The van der Waals surface area contributed by atoms with Gasteiger partial charge in [-0.3, -0.25) is 9.69 Å². The molecule has 0 saturated carbocycles. The van der Waals surface area contributed by atoms with Crippen molar-refractivity contribution in [2.75, 3.05) is 20.2 Å². The van der Waals surface area contributed by atoms with Gasteiger partial charge in [-0.1, -0.05) is 28.1 Å². The molecule has 1 aliphatic rings. The Morgan fingerprint density at radius 3 is 2.82 bits per heavy atom. The quantitative estimate of drug-likeness (QED) is 0.803. The van der Waals surface area contributed by atoms with Gasteiger partial charge >= 0.3 is 5.97 Å². The summed E-state index contributed by atoms with van der Waals surface area (Å²) in [5.74, 6) is -0.0289. The van der Waals surface area contributed by atoms with Gasteiger partial charge in [-0.2, -0.15) is 0 Å². The highest BCUT2D eigenvalue weighted by Crippen LogP contribution is 2.20. The summed E-state index contributed by atoms with van der Waals surface area (Å²) in [4.78, 5) is 13.7. The summed E-state index contributed by atoms with van der Waals surface area (Å²) in [5.41, 5.74) is 1.28. The van der Waals surface area contributed by atoms with Gasteiger partial charge in [0.1, 0.15) is 0 Å². The van der Waals surface area contributed by atoms with Crippen LogP contribution in [0.4, 0.5) is 0 Å². The van der Waals surface area contributed by atoms with Crippen LogP contribution in [0.3, 0.4) is 0 Å². The molecule has 1 atom stereocenters. The topological polar surface area (TPSA) is 29.5 Å². The maximum absolute atomic E-state index is 11.4. The summed E-state index contributed by atoms with van der Waals surface area (Å²) < 4.78 is 5.87. The number of hydrogen-bond acceptors (Lipinski definition) is 3. The Labute approximate surface area is 110 Å². The van der Waals surface area contributed by atoms with Crippen LogP contribution < -0.4 is 0 Å². The summed E-state index contributed by atoms with van der Waals surface area (Å²) >= 11 is 3.42. The molecule has 1 saturated heterocycles. The minimum absolute atomic E-state index is 0.0513. The fourth-order valence-corrected chi connectivity index (χ4v) is 2.45. The van der Waals surface area contributed by atoms with Crippen LogP contribution >= 0.6 is 15.9 Å². The third-order valence-corrected chi connectivity index (χ3v) is 3.65. The lowest BCUT2D eigenvalue weighted by Gasteiger charge is -2.15. The highest BCUT2D eigenvalue weighted by Gasteiger charge is 2.28. The van der Waals surface area contributed by atoms with Gasteiger partial charge in [0.15, 0.2) is 0 Å². The van der Waals surface area contributed by atoms with Crippen LogP contribution in [-0.4, -0.2) is 31.1 Å². The van der Waals surface area contributed by atoms with Crippen molar-refractivity contribution >= 4 is 21.9 Å². The van der Waals surface area contributed by atoms with Gasteiger partial charge in [0, 0.05) is 17.6 Å². The SMILES string of the molecule is COC(=O)[C@H]1CCN(Cc2ccc(Br)cc2)C1. The Bertz CT molecular complexity index is 391. The van der Waals surface area contributed by atoms with Crippen LogP contribution in [0.25, 0.3) is 0 Å². The predicted octanol–water partition coefficient (Wildman–Crippen LogP) is 2.44. The van der Waals surface area contributed by atoms with Gasteiger partial charge < -0.3 is 4.74 Å². The zero-order chi connectivity index (χ0) is 12.3. The maximum atomic E-state index is 11.4. The summed E-state index contributed by atoms with van der Waals surface area (Å²) in [6, 6.07) is 8.30. The van der Waals surface area contributed by atoms with Crippen molar-refractivity contribution in [2.24, 2.45) is 5.92 Å². The number of halogens is 1. The number of nitrogens with zero attached hydrogens (tertiary/aromatic N) is 1. The van der Waals surface area contributed by atoms with E-state index < -0.39 is 0 Å². The molecule has 1 fully saturated rings. The number of hydrogen-bond donors (Lipinski definition) is 0. The van der Waals surface area contributed by atoms with Crippen molar-refractivity contribution in [3.63, 3.8) is 0 Å². The molecule has 1 aromatic rings. The fraction of sp³-hybridized carbons (Fsp3) is 0.462. The number of likely N-dealkylation sites (tertiary alicyclic amines) is 1. The standard InChI is InChI=1S/C13H16BrNO2/c1-17-13(16)11-6-7-15(9-11)8-10-2-4-12(14)5-3-10/h2-5,11H,6-9H2,1H3/t11-/m0/s1. The van der Waals surface area contributed by atoms with Gasteiger partial charge in [-0.05, 0) is 30.7 Å². The molecule has 0 bridgehead atoms. The van der Waals surface area contributed by atoms with Crippen LogP contribution in [0.15, 0.2) is 28.7 Å². The molecule has 4 heteroatoms. The van der Waals surface area contributed by atoms with Crippen LogP contribution in [-0.2, 0) is 16.1 Å². The van der Waals surface area contributed by atoms with Gasteiger partial charge in [0.2, 0.25) is 0 Å². The molecule has 17 heavy (non-hydrogen) atoms. The maximum Gasteiger partial charge on any atom is 0.310 e. The molecular weight excluding hydrogens is 282 g/mol. The Morgan fingerprint density at radius 2 is 2.18 bits per heavy atom. The zero-order valence-corrected chi connectivity index (χ0v) is 11.4. The van der Waals surface area contributed by atoms with E-state index >= 15 is 0 Å². The lowest BCUT2D eigenvalue weighted by molar-refractivity contribution is -0.144. The molecular formula is C13H16BrNO2. The summed E-state index contributed by atoms with van der Waals surface area (Å²) in [6.07, 6.45) is 0.906. The first-order valence-corrected chi connectivity index (χ1v) is 6.53. The second-order valence-corrected chi connectivity index (χ2v) is 5.29. The molecule has 3 nitrogen and oxygen atoms in total. The lowest BCUT2D eigenvalue weighted by atomic mass is 10.1. The van der Waals surface area contributed by atoms with Gasteiger partial charge in [0.25, 0.3) is 0 Å². The number of ether oxygens (including phenoxy) is 1. The predicted molar refractivity (Wildman–Crippen MR) is 69.5 cm³/mol. The number of carbonyl (C=O) groups is 1. The molecule has 92 valence electrons. The monoisotopic (exact) mass is 297 g/mol. The molecule has 0 radical (unpaired) electrons. The van der Waals surface area contributed by atoms with Crippen molar-refractivity contribution in [1.29, 1.82) is 0 Å². The molecule has 0 amide bonds. The molecule has 2 rings (SSSR count). The Morgan fingerprint density at radius 1 is 1.47 bits per heavy atom. The first kappa shape index (κ1) is 12.6. The average Bonchev–Trinajstić information content (AvgIpc) is 2.80. The summed E-state index contributed by atoms with van der Waals surface area (Å²) in [5, 5.41) is 0. The fourth-order valence-electron chi connectivity index (χ4n) is 2.18. The normalized spacial score (nSPS) is 20.5. The zero-order valence-electron chi connectivity index (χ0n) is 9.86. The summed E-state index contributed by atoms with van der Waals surface area (Å²) in [7, 11) is 1.46. The summed E-state index contributed by atoms with van der Waals surface area (Å²) in [6.45, 7) is 2.68. The molecule has 1 aliphatic heterocycles. The van der Waals surface area contributed by atoms with Crippen LogP contribution in [0.1, 0.15) is 12.0 Å². The van der Waals surface area contributed by atoms with E-state index in [2.05, 4.69) is 33.0 Å². The number of methoxy groups -OCH3 is 1. The average molecular weight is 298 g/mol. The smallest absolute Gasteiger partial charge is 0.310 e. The third-order valence-electron chi connectivity index (χ3n) is 3.13. The van der Waals surface area contributed by atoms with Crippen molar-refractivity contribution in [1.82, 2.24) is 4.90 Å². The van der Waals surface area contributed by atoms with Crippen molar-refractivity contribution < 1.29 is 9.53 Å². The molecule has 0 N–H and O–H groups in total. The third kappa shape index (κ3) is 3.30. The van der Waals surface area contributed by atoms with E-state index in [9.17, 15) is 4.79 Å².